The zero-order chi connectivity index (χ0) is 29.4. The fourth-order valence-electron chi connectivity index (χ4n) is 4.40. The number of hydrogen-bond acceptors (Lipinski definition) is 7. The second-order valence-corrected chi connectivity index (χ2v) is 10.7. The second kappa shape index (κ2) is 13.5. The summed E-state index contributed by atoms with van der Waals surface area (Å²) in [4.78, 5) is 54.8. The Morgan fingerprint density at radius 1 is 1.23 bits per heavy atom. The number of aromatic nitrogens is 1. The monoisotopic (exact) mass is 552 g/mol. The van der Waals surface area contributed by atoms with E-state index in [0.29, 0.717) is 25.1 Å². The van der Waals surface area contributed by atoms with Gasteiger partial charge in [-0.3, -0.25) is 29.2 Å². The zero-order valence-corrected chi connectivity index (χ0v) is 23.6. The molecule has 0 aliphatic carbocycles. The van der Waals surface area contributed by atoms with Crippen molar-refractivity contribution >= 4 is 40.5 Å². The lowest BCUT2D eigenvalue weighted by atomic mass is 9.90. The minimum atomic E-state index is -1.04. The van der Waals surface area contributed by atoms with Crippen molar-refractivity contribution in [3.05, 3.63) is 47.8 Å². The molecule has 0 saturated carbocycles. The van der Waals surface area contributed by atoms with Crippen molar-refractivity contribution in [3.8, 4) is 0 Å². The summed E-state index contributed by atoms with van der Waals surface area (Å²) >= 11 is 0. The first-order valence-electron chi connectivity index (χ1n) is 13.6. The van der Waals surface area contributed by atoms with Crippen LogP contribution < -0.4 is 21.8 Å². The van der Waals surface area contributed by atoms with Crippen molar-refractivity contribution in [3.63, 3.8) is 0 Å². The number of pyridine rings is 1. The predicted molar refractivity (Wildman–Crippen MR) is 153 cm³/mol. The number of amides is 3. The Morgan fingerprint density at radius 3 is 2.65 bits per heavy atom. The summed E-state index contributed by atoms with van der Waals surface area (Å²) in [5.41, 5.74) is 9.36. The van der Waals surface area contributed by atoms with E-state index in [-0.39, 0.29) is 18.9 Å². The van der Waals surface area contributed by atoms with Crippen molar-refractivity contribution in [2.45, 2.75) is 71.5 Å². The number of carbonyl (C=O) groups is 4. The number of hydrazine groups is 1. The summed E-state index contributed by atoms with van der Waals surface area (Å²) in [7, 11) is 0. The van der Waals surface area contributed by atoms with Crippen LogP contribution >= 0.6 is 0 Å². The van der Waals surface area contributed by atoms with Gasteiger partial charge in [0.15, 0.2) is 0 Å². The Kier molecular flexibility index (Phi) is 10.4. The van der Waals surface area contributed by atoms with Gasteiger partial charge < -0.3 is 21.5 Å². The zero-order valence-electron chi connectivity index (χ0n) is 23.6. The molecule has 0 bridgehead atoms. The number of hydrogen-bond donors (Lipinski definition) is 5. The number of nitrogens with two attached hydrogens (primary N) is 1. The Hall–Kier alpha value is -3.83. The fourth-order valence-corrected chi connectivity index (χ4v) is 4.40. The van der Waals surface area contributed by atoms with Crippen LogP contribution in [-0.2, 0) is 25.6 Å². The van der Waals surface area contributed by atoms with Crippen LogP contribution in [0.5, 0.6) is 0 Å². The molecule has 1 aliphatic heterocycles. The fraction of sp³-hybridized carbons (Fsp3) is 0.483. The Labute approximate surface area is 234 Å². The quantitative estimate of drug-likeness (QED) is 0.281. The SMILES string of the molecule is CCc1ccc2cnc(/C=C/C(C)(C)C(=O)NC(CCN)C(=O)NC(C)C(=O)N3CCCC(C(=O)O)N3)cc2c1. The van der Waals surface area contributed by atoms with E-state index in [0.717, 1.165) is 17.2 Å². The summed E-state index contributed by atoms with van der Waals surface area (Å²) in [6.07, 6.45) is 7.36. The normalized spacial score (nSPS) is 17.4. The molecule has 0 radical (unpaired) electrons. The van der Waals surface area contributed by atoms with Crippen LogP contribution in [0.4, 0.5) is 0 Å². The maximum Gasteiger partial charge on any atom is 0.322 e. The second-order valence-electron chi connectivity index (χ2n) is 10.7. The summed E-state index contributed by atoms with van der Waals surface area (Å²) in [5.74, 6) is -2.44. The molecule has 3 amide bonds. The molecule has 2 aromatic rings. The third kappa shape index (κ3) is 7.86. The molecule has 1 aromatic carbocycles. The summed E-state index contributed by atoms with van der Waals surface area (Å²) < 4.78 is 0. The molecule has 0 spiro atoms. The van der Waals surface area contributed by atoms with Crippen molar-refractivity contribution in [1.29, 1.82) is 0 Å². The highest BCUT2D eigenvalue weighted by molar-refractivity contribution is 5.94. The lowest BCUT2D eigenvalue weighted by Crippen LogP contribution is -2.60. The highest BCUT2D eigenvalue weighted by atomic mass is 16.4. The maximum atomic E-state index is 13.2. The molecule has 3 atom stereocenters. The predicted octanol–water partition coefficient (Wildman–Crippen LogP) is 1.76. The molecule has 1 saturated heterocycles. The van der Waals surface area contributed by atoms with E-state index in [1.165, 1.54) is 17.5 Å². The standard InChI is InChI=1S/C29H40N6O5/c1-5-19-8-9-20-17-31-22(16-21(20)15-19)10-12-29(3,4)28(40)33-23(11-13-30)25(36)32-18(2)26(37)35-14-6-7-24(34-35)27(38)39/h8-10,12,15-18,23-24,34H,5-7,11,13-14,30H2,1-4H3,(H,32,36)(H,33,40)(H,38,39)/b12-10+. The van der Waals surface area contributed by atoms with Gasteiger partial charge in [-0.25, -0.2) is 5.43 Å². The van der Waals surface area contributed by atoms with Gasteiger partial charge in [-0.05, 0) is 76.1 Å². The molecule has 6 N–H and O–H groups in total. The molecule has 3 rings (SSSR count). The molecular formula is C29H40N6O5. The van der Waals surface area contributed by atoms with Crippen LogP contribution in [0, 0.1) is 5.41 Å². The number of aryl methyl sites for hydroxylation is 1. The third-order valence-electron chi connectivity index (χ3n) is 7.03. The van der Waals surface area contributed by atoms with Crippen molar-refractivity contribution in [2.75, 3.05) is 13.1 Å². The lowest BCUT2D eigenvalue weighted by Gasteiger charge is -2.34. The first kappa shape index (κ1) is 30.7. The molecule has 1 aromatic heterocycles. The van der Waals surface area contributed by atoms with E-state index >= 15 is 0 Å². The van der Waals surface area contributed by atoms with Crippen LogP contribution in [0.2, 0.25) is 0 Å². The third-order valence-corrected chi connectivity index (χ3v) is 7.03. The van der Waals surface area contributed by atoms with E-state index < -0.39 is 41.3 Å². The van der Waals surface area contributed by atoms with Gasteiger partial charge in [-0.2, -0.15) is 0 Å². The van der Waals surface area contributed by atoms with Gasteiger partial charge in [0.05, 0.1) is 11.1 Å². The molecular weight excluding hydrogens is 512 g/mol. The van der Waals surface area contributed by atoms with Crippen LogP contribution in [0.15, 0.2) is 36.5 Å². The first-order valence-corrected chi connectivity index (χ1v) is 13.6. The molecule has 11 heteroatoms. The number of rotatable bonds is 11. The van der Waals surface area contributed by atoms with Gasteiger partial charge in [0.1, 0.15) is 18.1 Å². The average Bonchev–Trinajstić information content (AvgIpc) is 2.94. The Bertz CT molecular complexity index is 1280. The van der Waals surface area contributed by atoms with Gasteiger partial charge >= 0.3 is 5.97 Å². The van der Waals surface area contributed by atoms with Crippen molar-refractivity contribution in [1.82, 2.24) is 26.1 Å². The maximum absolute atomic E-state index is 13.2. The van der Waals surface area contributed by atoms with Crippen LogP contribution in [0.3, 0.4) is 0 Å². The number of carboxylic acid groups (broad SMARTS) is 1. The van der Waals surface area contributed by atoms with Crippen LogP contribution in [0.1, 0.15) is 58.2 Å². The highest BCUT2D eigenvalue weighted by Gasteiger charge is 2.33. The first-order chi connectivity index (χ1) is 18.9. The lowest BCUT2D eigenvalue weighted by molar-refractivity contribution is -0.148. The number of nitrogens with one attached hydrogen (secondary N) is 3. The number of fused-ring (bicyclic) bond motifs is 1. The highest BCUT2D eigenvalue weighted by Crippen LogP contribution is 2.22. The van der Waals surface area contributed by atoms with Gasteiger partial charge in [-0.1, -0.05) is 31.2 Å². The molecule has 11 nitrogen and oxygen atoms in total. The summed E-state index contributed by atoms with van der Waals surface area (Å²) in [5, 5.41) is 18.0. The van der Waals surface area contributed by atoms with E-state index in [4.69, 9.17) is 5.73 Å². The minimum absolute atomic E-state index is 0.145. The number of carbonyl (C=O) groups excluding carboxylic acids is 3. The van der Waals surface area contributed by atoms with E-state index in [1.54, 1.807) is 32.2 Å². The smallest absolute Gasteiger partial charge is 0.322 e. The summed E-state index contributed by atoms with van der Waals surface area (Å²) in [6, 6.07) is 5.46. The van der Waals surface area contributed by atoms with Gasteiger partial charge in [0.2, 0.25) is 11.8 Å². The average molecular weight is 553 g/mol. The number of benzene rings is 1. The van der Waals surface area contributed by atoms with Crippen LogP contribution in [0.25, 0.3) is 16.8 Å². The minimum Gasteiger partial charge on any atom is -0.480 e. The van der Waals surface area contributed by atoms with E-state index in [2.05, 4.69) is 40.1 Å². The van der Waals surface area contributed by atoms with Gasteiger partial charge in [0, 0.05) is 18.1 Å². The molecule has 3 unspecified atom stereocenters. The van der Waals surface area contributed by atoms with Crippen LogP contribution in [-0.4, -0.2) is 70.0 Å². The number of carboxylic acids is 1. The molecule has 1 aliphatic rings. The number of aliphatic carboxylic acids is 1. The number of nitrogens with zero attached hydrogens (tertiary/aromatic N) is 2. The topological polar surface area (TPSA) is 167 Å². The van der Waals surface area contributed by atoms with Crippen molar-refractivity contribution in [2.24, 2.45) is 11.1 Å². The van der Waals surface area contributed by atoms with Crippen molar-refractivity contribution < 1.29 is 24.3 Å². The molecule has 2 heterocycles. The van der Waals surface area contributed by atoms with E-state index in [1.807, 2.05) is 12.1 Å². The summed E-state index contributed by atoms with van der Waals surface area (Å²) in [6.45, 7) is 7.56. The largest absolute Gasteiger partial charge is 0.480 e. The molecule has 1 fully saturated rings. The van der Waals surface area contributed by atoms with E-state index in [9.17, 15) is 24.3 Å². The Morgan fingerprint density at radius 2 is 1.98 bits per heavy atom. The van der Waals surface area contributed by atoms with Gasteiger partial charge in [0.25, 0.3) is 5.91 Å². The van der Waals surface area contributed by atoms with Gasteiger partial charge in [-0.15, -0.1) is 0 Å². The molecule has 216 valence electrons. The molecule has 40 heavy (non-hydrogen) atoms. The Balaban J connectivity index is 1.64.